The van der Waals surface area contributed by atoms with Gasteiger partial charge in [0.05, 0.1) is 5.52 Å². The third-order valence-corrected chi connectivity index (χ3v) is 4.84. The van der Waals surface area contributed by atoms with E-state index >= 15 is 0 Å². The van der Waals surface area contributed by atoms with Gasteiger partial charge in [0.15, 0.2) is 0 Å². The molecule has 134 valence electrons. The van der Waals surface area contributed by atoms with Crippen LogP contribution in [0.15, 0.2) is 67.0 Å². The highest BCUT2D eigenvalue weighted by Crippen LogP contribution is 2.32. The van der Waals surface area contributed by atoms with Crippen LogP contribution in [0.2, 0.25) is 0 Å². The normalized spacial score (nSPS) is 10.9. The second kappa shape index (κ2) is 7.08. The van der Waals surface area contributed by atoms with Gasteiger partial charge in [-0.2, -0.15) is 0 Å². The number of hydrogen-bond donors (Lipinski definition) is 2. The molecule has 2 N–H and O–H groups in total. The highest BCUT2D eigenvalue weighted by molar-refractivity contribution is 5.95. The molecular weight excluding hydrogens is 334 g/mol. The van der Waals surface area contributed by atoms with Crippen LogP contribution < -0.4 is 5.32 Å². The van der Waals surface area contributed by atoms with Gasteiger partial charge in [0.2, 0.25) is 0 Å². The molecule has 0 aliphatic rings. The number of benzene rings is 2. The number of nitrogens with one attached hydrogen (secondary N) is 2. The van der Waals surface area contributed by atoms with Gasteiger partial charge in [-0.05, 0) is 48.7 Å². The van der Waals surface area contributed by atoms with Gasteiger partial charge < -0.3 is 10.3 Å². The summed E-state index contributed by atoms with van der Waals surface area (Å²) in [7, 11) is 0. The zero-order chi connectivity index (χ0) is 18.8. The van der Waals surface area contributed by atoms with Crippen molar-refractivity contribution in [2.45, 2.75) is 20.4 Å². The number of H-pyrrole nitrogens is 1. The fourth-order valence-electron chi connectivity index (χ4n) is 3.47. The Morgan fingerprint density at radius 2 is 1.78 bits per heavy atom. The molecule has 0 atom stereocenters. The van der Waals surface area contributed by atoms with Gasteiger partial charge >= 0.3 is 0 Å². The molecule has 0 spiro atoms. The third kappa shape index (κ3) is 3.34. The molecule has 0 unspecified atom stereocenters. The number of aromatic nitrogens is 2. The number of pyridine rings is 1. The lowest BCUT2D eigenvalue weighted by Crippen LogP contribution is -2.22. The predicted molar refractivity (Wildman–Crippen MR) is 109 cm³/mol. The lowest BCUT2D eigenvalue weighted by Gasteiger charge is -2.08. The summed E-state index contributed by atoms with van der Waals surface area (Å²) in [4.78, 5) is 19.9. The van der Waals surface area contributed by atoms with Crippen molar-refractivity contribution in [3.05, 3.63) is 89.2 Å². The van der Waals surface area contributed by atoms with Crippen LogP contribution in [0.3, 0.4) is 0 Å². The third-order valence-electron chi connectivity index (χ3n) is 4.84. The molecule has 0 aliphatic carbocycles. The van der Waals surface area contributed by atoms with E-state index in [1.54, 1.807) is 24.5 Å². The largest absolute Gasteiger partial charge is 0.354 e. The quantitative estimate of drug-likeness (QED) is 0.554. The first-order chi connectivity index (χ1) is 13.1. The first-order valence-electron chi connectivity index (χ1n) is 8.99. The van der Waals surface area contributed by atoms with E-state index in [1.807, 2.05) is 18.2 Å². The Balaban J connectivity index is 1.70. The van der Waals surface area contributed by atoms with Gasteiger partial charge in [-0.1, -0.05) is 42.0 Å². The zero-order valence-electron chi connectivity index (χ0n) is 15.4. The molecule has 4 nitrogen and oxygen atoms in total. The van der Waals surface area contributed by atoms with E-state index in [1.165, 1.54) is 16.5 Å². The first-order valence-corrected chi connectivity index (χ1v) is 8.99. The topological polar surface area (TPSA) is 57.8 Å². The van der Waals surface area contributed by atoms with E-state index in [0.29, 0.717) is 12.1 Å². The maximum atomic E-state index is 12.4. The van der Waals surface area contributed by atoms with E-state index in [0.717, 1.165) is 22.3 Å². The summed E-state index contributed by atoms with van der Waals surface area (Å²) >= 11 is 0. The van der Waals surface area contributed by atoms with Crippen molar-refractivity contribution < 1.29 is 4.79 Å². The minimum absolute atomic E-state index is 0.0985. The molecular formula is C23H21N3O. The lowest BCUT2D eigenvalue weighted by atomic mass is 10.0. The lowest BCUT2D eigenvalue weighted by molar-refractivity contribution is 0.0951. The van der Waals surface area contributed by atoms with Gasteiger partial charge in [0, 0.05) is 35.6 Å². The summed E-state index contributed by atoms with van der Waals surface area (Å²) in [5.41, 5.74) is 7.46. The summed E-state index contributed by atoms with van der Waals surface area (Å²) in [5, 5.41) is 4.21. The van der Waals surface area contributed by atoms with Gasteiger partial charge in [0.25, 0.3) is 5.91 Å². The van der Waals surface area contributed by atoms with Gasteiger partial charge in [-0.15, -0.1) is 0 Å². The standard InChI is InChI=1S/C23H21N3O/c1-15-12-19(14-25-23(27)18-8-10-24-11-9-18)22-20(13-15)16(2)21(26-22)17-6-4-3-5-7-17/h3-13,26H,14H2,1-2H3,(H,25,27). The monoisotopic (exact) mass is 355 g/mol. The van der Waals surface area contributed by atoms with E-state index in [9.17, 15) is 4.79 Å². The molecule has 2 aromatic heterocycles. The summed E-state index contributed by atoms with van der Waals surface area (Å²) in [6.07, 6.45) is 3.25. The molecule has 4 heteroatoms. The van der Waals surface area contributed by atoms with Crippen molar-refractivity contribution in [1.29, 1.82) is 0 Å². The molecule has 0 saturated heterocycles. The Morgan fingerprint density at radius 3 is 2.52 bits per heavy atom. The maximum absolute atomic E-state index is 12.4. The average Bonchev–Trinajstić information content (AvgIpc) is 3.04. The Morgan fingerprint density at radius 1 is 1.04 bits per heavy atom. The van der Waals surface area contributed by atoms with Crippen LogP contribution in [0, 0.1) is 13.8 Å². The Labute approximate surface area is 158 Å². The van der Waals surface area contributed by atoms with Crippen LogP contribution in [0.1, 0.15) is 27.0 Å². The Bertz CT molecular complexity index is 1100. The van der Waals surface area contributed by atoms with Crippen molar-refractivity contribution in [3.8, 4) is 11.3 Å². The molecule has 0 bridgehead atoms. The molecule has 2 heterocycles. The van der Waals surface area contributed by atoms with Crippen LogP contribution in [-0.2, 0) is 6.54 Å². The highest BCUT2D eigenvalue weighted by Gasteiger charge is 2.14. The number of amides is 1. The molecule has 2 aromatic carbocycles. The maximum Gasteiger partial charge on any atom is 0.251 e. The van der Waals surface area contributed by atoms with Crippen molar-refractivity contribution in [2.75, 3.05) is 0 Å². The van der Waals surface area contributed by atoms with Gasteiger partial charge in [0.1, 0.15) is 0 Å². The fourth-order valence-corrected chi connectivity index (χ4v) is 3.47. The number of fused-ring (bicyclic) bond motifs is 1. The summed E-state index contributed by atoms with van der Waals surface area (Å²) < 4.78 is 0. The smallest absolute Gasteiger partial charge is 0.251 e. The van der Waals surface area contributed by atoms with Crippen LogP contribution in [0.4, 0.5) is 0 Å². The van der Waals surface area contributed by atoms with E-state index in [2.05, 4.69) is 53.4 Å². The molecule has 0 saturated carbocycles. The van der Waals surface area contributed by atoms with Crippen LogP contribution in [0.25, 0.3) is 22.2 Å². The molecule has 0 fully saturated rings. The number of hydrogen-bond acceptors (Lipinski definition) is 2. The summed E-state index contributed by atoms with van der Waals surface area (Å²) in [6.45, 7) is 4.69. The molecule has 1 amide bonds. The van der Waals surface area contributed by atoms with Gasteiger partial charge in [-0.3, -0.25) is 9.78 Å². The minimum Gasteiger partial charge on any atom is -0.354 e. The van der Waals surface area contributed by atoms with E-state index in [4.69, 9.17) is 0 Å². The van der Waals surface area contributed by atoms with E-state index < -0.39 is 0 Å². The fraction of sp³-hybridized carbons (Fsp3) is 0.130. The Hall–Kier alpha value is -3.40. The second-order valence-electron chi connectivity index (χ2n) is 6.76. The average molecular weight is 355 g/mol. The number of rotatable bonds is 4. The Kier molecular flexibility index (Phi) is 4.47. The van der Waals surface area contributed by atoms with Crippen LogP contribution in [0.5, 0.6) is 0 Å². The van der Waals surface area contributed by atoms with Crippen molar-refractivity contribution >= 4 is 16.8 Å². The molecule has 0 aliphatic heterocycles. The van der Waals surface area contributed by atoms with E-state index in [-0.39, 0.29) is 5.91 Å². The van der Waals surface area contributed by atoms with Crippen LogP contribution in [-0.4, -0.2) is 15.9 Å². The number of carbonyl (C=O) groups is 1. The van der Waals surface area contributed by atoms with Gasteiger partial charge in [-0.25, -0.2) is 0 Å². The van der Waals surface area contributed by atoms with Crippen molar-refractivity contribution in [1.82, 2.24) is 15.3 Å². The van der Waals surface area contributed by atoms with Crippen molar-refractivity contribution in [3.63, 3.8) is 0 Å². The number of aryl methyl sites for hydroxylation is 2. The number of aromatic amines is 1. The second-order valence-corrected chi connectivity index (χ2v) is 6.76. The number of nitrogens with zero attached hydrogens (tertiary/aromatic N) is 1. The zero-order valence-corrected chi connectivity index (χ0v) is 15.4. The predicted octanol–water partition coefficient (Wildman–Crippen LogP) is 4.78. The molecule has 0 radical (unpaired) electrons. The van der Waals surface area contributed by atoms with Crippen molar-refractivity contribution in [2.24, 2.45) is 0 Å². The molecule has 4 aromatic rings. The summed E-state index contributed by atoms with van der Waals surface area (Å²) in [5.74, 6) is -0.0985. The van der Waals surface area contributed by atoms with Crippen LogP contribution >= 0.6 is 0 Å². The highest BCUT2D eigenvalue weighted by atomic mass is 16.1. The first kappa shape index (κ1) is 17.0. The minimum atomic E-state index is -0.0985. The molecule has 4 rings (SSSR count). The summed E-state index contributed by atoms with van der Waals surface area (Å²) in [6, 6.07) is 18.1. The molecule has 27 heavy (non-hydrogen) atoms. The number of carbonyl (C=O) groups excluding carboxylic acids is 1. The SMILES string of the molecule is Cc1cc(CNC(=O)c2ccncc2)c2[nH]c(-c3ccccc3)c(C)c2c1.